The molecule has 3 rings (SSSR count). The largest absolute Gasteiger partial charge is 0.379 e. The molecule has 0 saturated carbocycles. The van der Waals surface area contributed by atoms with E-state index in [-0.39, 0.29) is 29.5 Å². The van der Waals surface area contributed by atoms with Crippen LogP contribution in [0.2, 0.25) is 0 Å². The lowest BCUT2D eigenvalue weighted by molar-refractivity contribution is -0.0120. The first-order chi connectivity index (χ1) is 11.7. The van der Waals surface area contributed by atoms with Gasteiger partial charge < -0.3 is 15.4 Å². The minimum Gasteiger partial charge on any atom is -0.379 e. The standard InChI is InChI=1S/C15H27N7OS.HI/c1-16-14(17-9-13-19-12-20-21(13)2)18-10-15(3-8-24-11-15)22-4-6-23-7-5-22;/h12H,3-11H2,1-2H3,(H2,16,17,18);1H. The summed E-state index contributed by atoms with van der Waals surface area (Å²) in [5.41, 5.74) is 0.205. The molecule has 2 N–H and O–H groups in total. The van der Waals surface area contributed by atoms with E-state index in [1.807, 2.05) is 18.8 Å². The molecule has 1 aromatic heterocycles. The highest BCUT2D eigenvalue weighted by Gasteiger charge is 2.40. The monoisotopic (exact) mass is 481 g/mol. The molecule has 3 heterocycles. The van der Waals surface area contributed by atoms with E-state index in [0.717, 1.165) is 44.6 Å². The van der Waals surface area contributed by atoms with Crippen molar-refractivity contribution in [1.82, 2.24) is 30.3 Å². The molecule has 0 radical (unpaired) electrons. The summed E-state index contributed by atoms with van der Waals surface area (Å²) in [6.45, 7) is 5.23. The van der Waals surface area contributed by atoms with Crippen LogP contribution in [-0.2, 0) is 18.3 Å². The number of thioether (sulfide) groups is 1. The molecule has 142 valence electrons. The van der Waals surface area contributed by atoms with Gasteiger partial charge in [-0.2, -0.15) is 16.9 Å². The third-order valence-electron chi connectivity index (χ3n) is 4.79. The third kappa shape index (κ3) is 5.20. The smallest absolute Gasteiger partial charge is 0.191 e. The number of nitrogens with one attached hydrogen (secondary N) is 2. The van der Waals surface area contributed by atoms with Gasteiger partial charge in [0.15, 0.2) is 5.96 Å². The normalized spacial score (nSPS) is 24.8. The molecule has 2 aliphatic rings. The molecule has 2 saturated heterocycles. The van der Waals surface area contributed by atoms with Gasteiger partial charge in [-0.15, -0.1) is 24.0 Å². The molecule has 0 spiro atoms. The lowest BCUT2D eigenvalue weighted by Crippen LogP contribution is -2.60. The molecule has 8 nitrogen and oxygen atoms in total. The number of aromatic nitrogens is 3. The molecule has 2 fully saturated rings. The summed E-state index contributed by atoms with van der Waals surface area (Å²) in [5.74, 6) is 4.09. The first kappa shape index (κ1) is 20.7. The first-order valence-electron chi connectivity index (χ1n) is 8.41. The van der Waals surface area contributed by atoms with Gasteiger partial charge in [0.1, 0.15) is 12.2 Å². The number of morpholine rings is 1. The second kappa shape index (κ2) is 9.93. The van der Waals surface area contributed by atoms with Crippen molar-refractivity contribution >= 4 is 41.7 Å². The maximum Gasteiger partial charge on any atom is 0.191 e. The lowest BCUT2D eigenvalue weighted by atomic mass is 9.95. The average Bonchev–Trinajstić information content (AvgIpc) is 3.26. The summed E-state index contributed by atoms with van der Waals surface area (Å²) in [5, 5.41) is 10.9. The van der Waals surface area contributed by atoms with Gasteiger partial charge in [0.2, 0.25) is 0 Å². The Bertz CT molecular complexity index is 556. The van der Waals surface area contributed by atoms with Gasteiger partial charge >= 0.3 is 0 Å². The zero-order valence-corrected chi connectivity index (χ0v) is 18.0. The van der Waals surface area contributed by atoms with E-state index in [1.165, 1.54) is 17.9 Å². The number of guanidine groups is 1. The van der Waals surface area contributed by atoms with Gasteiger partial charge in [0, 0.05) is 45.0 Å². The average molecular weight is 481 g/mol. The molecule has 0 bridgehead atoms. The lowest BCUT2D eigenvalue weighted by Gasteiger charge is -2.43. The topological polar surface area (TPSA) is 79.6 Å². The predicted octanol–water partition coefficient (Wildman–Crippen LogP) is 0.306. The van der Waals surface area contributed by atoms with Crippen LogP contribution in [0.25, 0.3) is 0 Å². The van der Waals surface area contributed by atoms with Crippen molar-refractivity contribution < 1.29 is 4.74 Å². The molecule has 0 amide bonds. The number of hydrogen-bond donors (Lipinski definition) is 2. The fourth-order valence-electron chi connectivity index (χ4n) is 3.25. The number of aliphatic imine (C=N–C) groups is 1. The second-order valence-electron chi connectivity index (χ2n) is 6.21. The molecule has 10 heteroatoms. The molecule has 0 aromatic carbocycles. The molecule has 0 aliphatic carbocycles. The molecule has 1 unspecified atom stereocenters. The maximum atomic E-state index is 5.52. The van der Waals surface area contributed by atoms with Gasteiger partial charge in [-0.3, -0.25) is 14.6 Å². The first-order valence-corrected chi connectivity index (χ1v) is 9.57. The highest BCUT2D eigenvalue weighted by Crippen LogP contribution is 2.33. The van der Waals surface area contributed by atoms with Crippen molar-refractivity contribution in [3.05, 3.63) is 12.2 Å². The van der Waals surface area contributed by atoms with Gasteiger partial charge in [-0.05, 0) is 12.2 Å². The van der Waals surface area contributed by atoms with Crippen LogP contribution in [0.15, 0.2) is 11.3 Å². The summed E-state index contributed by atoms with van der Waals surface area (Å²) in [4.78, 5) is 11.2. The Morgan fingerprint density at radius 1 is 1.40 bits per heavy atom. The Balaban J connectivity index is 0.00000225. The van der Waals surface area contributed by atoms with Crippen LogP contribution in [0.5, 0.6) is 0 Å². The van der Waals surface area contributed by atoms with Gasteiger partial charge in [-0.1, -0.05) is 0 Å². The van der Waals surface area contributed by atoms with E-state index < -0.39 is 0 Å². The number of aryl methyl sites for hydroxylation is 1. The van der Waals surface area contributed by atoms with Crippen molar-refractivity contribution in [2.75, 3.05) is 51.4 Å². The Morgan fingerprint density at radius 3 is 2.80 bits per heavy atom. The summed E-state index contributed by atoms with van der Waals surface area (Å²) in [6.07, 6.45) is 2.78. The molecule has 25 heavy (non-hydrogen) atoms. The predicted molar refractivity (Wildman–Crippen MR) is 112 cm³/mol. The number of nitrogens with zero attached hydrogens (tertiary/aromatic N) is 5. The van der Waals surface area contributed by atoms with Gasteiger partial charge in [0.25, 0.3) is 0 Å². The summed E-state index contributed by atoms with van der Waals surface area (Å²) in [7, 11) is 3.69. The second-order valence-corrected chi connectivity index (χ2v) is 7.31. The maximum absolute atomic E-state index is 5.52. The summed E-state index contributed by atoms with van der Waals surface area (Å²) >= 11 is 2.04. The zero-order valence-electron chi connectivity index (χ0n) is 14.9. The fraction of sp³-hybridized carbons (Fsp3) is 0.800. The number of halogens is 1. The number of ether oxygens (including phenoxy) is 1. The summed E-state index contributed by atoms with van der Waals surface area (Å²) < 4.78 is 7.29. The van der Waals surface area contributed by atoms with E-state index in [1.54, 1.807) is 18.1 Å². The van der Waals surface area contributed by atoms with Crippen LogP contribution >= 0.6 is 35.7 Å². The Morgan fingerprint density at radius 2 is 2.20 bits per heavy atom. The van der Waals surface area contributed by atoms with E-state index in [2.05, 4.69) is 30.6 Å². The van der Waals surface area contributed by atoms with Crippen LogP contribution in [0.1, 0.15) is 12.2 Å². The summed E-state index contributed by atoms with van der Waals surface area (Å²) in [6, 6.07) is 0. The Labute approximate surface area is 170 Å². The fourth-order valence-corrected chi connectivity index (χ4v) is 4.72. The third-order valence-corrected chi connectivity index (χ3v) is 6.03. The minimum absolute atomic E-state index is 0. The Kier molecular flexibility index (Phi) is 8.23. The van der Waals surface area contributed by atoms with Crippen LogP contribution in [0.4, 0.5) is 0 Å². The van der Waals surface area contributed by atoms with Crippen molar-refractivity contribution in [3.63, 3.8) is 0 Å². The molecular formula is C15H28IN7OS. The van der Waals surface area contributed by atoms with Crippen LogP contribution in [0, 0.1) is 0 Å². The minimum atomic E-state index is 0. The van der Waals surface area contributed by atoms with Gasteiger partial charge in [0.05, 0.1) is 19.8 Å². The highest BCUT2D eigenvalue weighted by atomic mass is 127. The highest BCUT2D eigenvalue weighted by molar-refractivity contribution is 14.0. The molecule has 1 aromatic rings. The van der Waals surface area contributed by atoms with E-state index in [0.29, 0.717) is 6.54 Å². The van der Waals surface area contributed by atoms with E-state index in [9.17, 15) is 0 Å². The van der Waals surface area contributed by atoms with Crippen LogP contribution in [0.3, 0.4) is 0 Å². The molecule has 2 aliphatic heterocycles. The van der Waals surface area contributed by atoms with Gasteiger partial charge in [-0.25, -0.2) is 4.98 Å². The van der Waals surface area contributed by atoms with Crippen molar-refractivity contribution in [1.29, 1.82) is 0 Å². The van der Waals surface area contributed by atoms with Crippen LogP contribution in [-0.4, -0.2) is 82.6 Å². The Hall–Kier alpha value is -0.590. The zero-order chi connectivity index (χ0) is 16.8. The van der Waals surface area contributed by atoms with Crippen molar-refractivity contribution in [2.24, 2.45) is 12.0 Å². The van der Waals surface area contributed by atoms with Crippen molar-refractivity contribution in [3.8, 4) is 0 Å². The quantitative estimate of drug-likeness (QED) is 0.356. The van der Waals surface area contributed by atoms with Crippen LogP contribution < -0.4 is 10.6 Å². The molecular weight excluding hydrogens is 453 g/mol. The van der Waals surface area contributed by atoms with E-state index >= 15 is 0 Å². The molecule has 1 atom stereocenters. The van der Waals surface area contributed by atoms with E-state index in [4.69, 9.17) is 4.74 Å². The number of rotatable bonds is 5. The van der Waals surface area contributed by atoms with Crippen molar-refractivity contribution in [2.45, 2.75) is 18.5 Å². The SMILES string of the molecule is CN=C(NCc1ncnn1C)NCC1(N2CCOCC2)CCSC1.I. The number of hydrogen-bond acceptors (Lipinski definition) is 6.